The molecule has 0 aliphatic rings. The summed E-state index contributed by atoms with van der Waals surface area (Å²) < 4.78 is 11.0. The fraction of sp³-hybridized carbons (Fsp3) is 0. The Morgan fingerprint density at radius 2 is 1.11 bits per heavy atom. The first-order valence-corrected chi connectivity index (χ1v) is 17.5. The first-order valence-electron chi connectivity index (χ1n) is 17.5. The number of aromatic nitrogens is 5. The third kappa shape index (κ3) is 5.02. The molecule has 0 saturated heterocycles. The van der Waals surface area contributed by atoms with Gasteiger partial charge in [0.05, 0.1) is 39.4 Å². The van der Waals surface area contributed by atoms with Crippen molar-refractivity contribution in [1.82, 2.24) is 23.8 Å². The van der Waals surface area contributed by atoms with E-state index in [0.29, 0.717) is 11.5 Å². The molecule has 0 atom stereocenters. The van der Waals surface area contributed by atoms with E-state index in [1.807, 2.05) is 66.9 Å². The topological polar surface area (TPSA) is 56.7 Å². The smallest absolute Gasteiger partial charge is 0.497 e. The Morgan fingerprint density at radius 3 is 1.85 bits per heavy atom. The van der Waals surface area contributed by atoms with E-state index in [9.17, 15) is 0 Å². The number of para-hydroxylation sites is 1. The van der Waals surface area contributed by atoms with Crippen LogP contribution < -0.4 is 4.74 Å². The van der Waals surface area contributed by atoms with E-state index in [4.69, 9.17) is 19.7 Å². The maximum Gasteiger partial charge on any atom is 2.00 e. The van der Waals surface area contributed by atoms with Crippen LogP contribution in [-0.4, -0.2) is 23.8 Å². The van der Waals surface area contributed by atoms with Crippen molar-refractivity contribution in [3.63, 3.8) is 0 Å². The summed E-state index contributed by atoms with van der Waals surface area (Å²) in [5, 5.41) is 4.84. The summed E-state index contributed by atoms with van der Waals surface area (Å²) in [5.41, 5.74) is 10.5. The van der Waals surface area contributed by atoms with Crippen molar-refractivity contribution >= 4 is 54.8 Å². The van der Waals surface area contributed by atoms with E-state index < -0.39 is 0 Å². The number of benzene rings is 6. The molecule has 6 nitrogen and oxygen atoms in total. The Balaban J connectivity index is 0.00000361. The molecule has 0 aliphatic carbocycles. The van der Waals surface area contributed by atoms with E-state index in [0.717, 1.165) is 88.5 Å². The zero-order valence-corrected chi connectivity index (χ0v) is 30.8. The van der Waals surface area contributed by atoms with Crippen LogP contribution in [0.4, 0.5) is 0 Å². The van der Waals surface area contributed by atoms with Gasteiger partial charge in [-0.25, -0.2) is 0 Å². The number of hydrogen-bond acceptors (Lipinski definition) is 4. The van der Waals surface area contributed by atoms with Crippen molar-refractivity contribution in [2.45, 2.75) is 0 Å². The summed E-state index contributed by atoms with van der Waals surface area (Å²) in [6, 6.07) is 58.8. The average Bonchev–Trinajstić information content (AvgIpc) is 3.87. The Kier molecular flexibility index (Phi) is 7.60. The van der Waals surface area contributed by atoms with Crippen molar-refractivity contribution < 1.29 is 25.8 Å². The van der Waals surface area contributed by atoms with Gasteiger partial charge in [0.25, 0.3) is 0 Å². The molecule has 0 N–H and O–H groups in total. The van der Waals surface area contributed by atoms with Crippen molar-refractivity contribution in [1.29, 1.82) is 0 Å². The van der Waals surface area contributed by atoms with E-state index in [1.54, 1.807) is 0 Å². The third-order valence-corrected chi connectivity index (χ3v) is 9.99. The molecule has 0 spiro atoms. The molecule has 54 heavy (non-hydrogen) atoms. The van der Waals surface area contributed by atoms with E-state index >= 15 is 0 Å². The SMILES string of the molecule is [Pt+2].[c-]1c(Oc2[c-]c3c(cc2)c2ncccc2n2c(-c4ccccc4)c(-c4ccccc4)nc32)ccc2c1c1nc(-c3ccccc3)cn1c1ccccc21. The normalized spacial score (nSPS) is 11.6. The number of ether oxygens (including phenoxy) is 1. The summed E-state index contributed by atoms with van der Waals surface area (Å²) in [6.07, 6.45) is 3.94. The Hall–Kier alpha value is -6.62. The summed E-state index contributed by atoms with van der Waals surface area (Å²) in [5.74, 6) is 1.13. The van der Waals surface area contributed by atoms with E-state index in [1.165, 1.54) is 0 Å². The van der Waals surface area contributed by atoms with Crippen LogP contribution in [0.1, 0.15) is 0 Å². The molecule has 0 saturated carbocycles. The number of fused-ring (bicyclic) bond motifs is 12. The van der Waals surface area contributed by atoms with Crippen molar-refractivity contribution in [2.75, 3.05) is 0 Å². The summed E-state index contributed by atoms with van der Waals surface area (Å²) >= 11 is 0. The molecule has 0 bridgehead atoms. The van der Waals surface area contributed by atoms with E-state index in [2.05, 4.69) is 118 Å². The zero-order valence-electron chi connectivity index (χ0n) is 28.5. The molecule has 5 heterocycles. The Labute approximate surface area is 324 Å². The number of hydrogen-bond donors (Lipinski definition) is 0. The largest absolute Gasteiger partial charge is 2.00 e. The van der Waals surface area contributed by atoms with Gasteiger partial charge in [0, 0.05) is 40.5 Å². The molecule has 0 fully saturated rings. The van der Waals surface area contributed by atoms with Gasteiger partial charge in [-0.3, -0.25) is 15.0 Å². The quantitative estimate of drug-likeness (QED) is 0.128. The monoisotopic (exact) mass is 872 g/mol. The van der Waals surface area contributed by atoms with E-state index in [-0.39, 0.29) is 21.1 Å². The Morgan fingerprint density at radius 1 is 0.500 bits per heavy atom. The molecule has 0 radical (unpaired) electrons. The standard InChI is InChI=1S/C47H27N5O.Pt/c1-4-13-30(14-5-1)40-29-51-41-20-11-10-19-36(41)35-24-22-33(27-38(35)46(51)49-40)53-34-23-25-37-39(28-34)47-50-43(31-15-6-2-7-16-31)45(32-17-8-3-9-18-32)52(47)42-21-12-26-48-44(37)42;/h1-26,29H;/q-2;+2. The number of rotatable bonds is 5. The van der Waals surface area contributed by atoms with Crippen LogP contribution in [0.15, 0.2) is 164 Å². The van der Waals surface area contributed by atoms with Gasteiger partial charge >= 0.3 is 21.1 Å². The molecule has 0 unspecified atom stereocenters. The molecule has 7 heteroatoms. The van der Waals surface area contributed by atoms with Crippen LogP contribution in [0.3, 0.4) is 0 Å². The van der Waals surface area contributed by atoms with Gasteiger partial charge in [0.15, 0.2) is 0 Å². The predicted molar refractivity (Wildman–Crippen MR) is 212 cm³/mol. The fourth-order valence-corrected chi connectivity index (χ4v) is 7.63. The first-order chi connectivity index (χ1) is 26.3. The zero-order chi connectivity index (χ0) is 34.9. The van der Waals surface area contributed by atoms with Crippen LogP contribution in [0.2, 0.25) is 0 Å². The molecular formula is C47H27N5OPt. The maximum atomic E-state index is 6.61. The van der Waals surface area contributed by atoms with Crippen LogP contribution in [0.5, 0.6) is 11.5 Å². The number of pyridine rings is 3. The fourth-order valence-electron chi connectivity index (χ4n) is 7.63. The third-order valence-electron chi connectivity index (χ3n) is 9.99. The van der Waals surface area contributed by atoms with Gasteiger partial charge in [-0.05, 0) is 29.1 Å². The predicted octanol–water partition coefficient (Wildman–Crippen LogP) is 11.4. The maximum absolute atomic E-state index is 6.61. The Bertz CT molecular complexity index is 3190. The summed E-state index contributed by atoms with van der Waals surface area (Å²) in [6.45, 7) is 0. The van der Waals surface area contributed by atoms with Crippen molar-refractivity contribution in [3.8, 4) is 45.3 Å². The second-order valence-electron chi connectivity index (χ2n) is 13.1. The first kappa shape index (κ1) is 32.1. The molecule has 0 aliphatic heterocycles. The molecule has 256 valence electrons. The second-order valence-corrected chi connectivity index (χ2v) is 13.1. The van der Waals surface area contributed by atoms with Crippen LogP contribution >= 0.6 is 0 Å². The molecule has 11 rings (SSSR count). The molecule has 0 amide bonds. The van der Waals surface area contributed by atoms with Gasteiger partial charge in [-0.1, -0.05) is 155 Å². The minimum absolute atomic E-state index is 0. The van der Waals surface area contributed by atoms with Crippen molar-refractivity contribution in [3.05, 3.63) is 176 Å². The molecule has 6 aromatic carbocycles. The summed E-state index contributed by atoms with van der Waals surface area (Å²) in [7, 11) is 0. The van der Waals surface area contributed by atoms with Gasteiger partial charge in [-0.2, -0.15) is 0 Å². The van der Waals surface area contributed by atoms with Gasteiger partial charge in [0.1, 0.15) is 0 Å². The van der Waals surface area contributed by atoms with Crippen LogP contribution in [0.25, 0.3) is 88.5 Å². The molecular weight excluding hydrogens is 846 g/mol. The second kappa shape index (κ2) is 12.8. The number of imidazole rings is 2. The van der Waals surface area contributed by atoms with Gasteiger partial charge in [0.2, 0.25) is 0 Å². The minimum atomic E-state index is 0. The minimum Gasteiger partial charge on any atom is -0.497 e. The van der Waals surface area contributed by atoms with Crippen LogP contribution in [-0.2, 0) is 21.1 Å². The van der Waals surface area contributed by atoms with Gasteiger partial charge in [-0.15, -0.1) is 12.1 Å². The number of nitrogens with zero attached hydrogens (tertiary/aromatic N) is 5. The average molecular weight is 873 g/mol. The van der Waals surface area contributed by atoms with Crippen molar-refractivity contribution in [2.24, 2.45) is 0 Å². The molecule has 11 aromatic rings. The van der Waals surface area contributed by atoms with Crippen LogP contribution in [0, 0.1) is 12.1 Å². The molecule has 5 aromatic heterocycles. The summed E-state index contributed by atoms with van der Waals surface area (Å²) in [4.78, 5) is 15.3. The van der Waals surface area contributed by atoms with Gasteiger partial charge < -0.3 is 13.5 Å².